The molecule has 0 atom stereocenters. The summed E-state index contributed by atoms with van der Waals surface area (Å²) in [5.41, 5.74) is 2.15. The van der Waals surface area contributed by atoms with Crippen LogP contribution in [0.3, 0.4) is 0 Å². The summed E-state index contributed by atoms with van der Waals surface area (Å²) < 4.78 is 27.2. The van der Waals surface area contributed by atoms with Gasteiger partial charge >= 0.3 is 0 Å². The monoisotopic (exact) mass is 424 g/mol. The molecule has 1 saturated carbocycles. The van der Waals surface area contributed by atoms with Crippen LogP contribution in [0.1, 0.15) is 46.2 Å². The number of sulfone groups is 1. The highest BCUT2D eigenvalue weighted by molar-refractivity contribution is 7.90. The number of carbonyl (C=O) groups is 1. The van der Waals surface area contributed by atoms with Crippen LogP contribution < -0.4 is 5.32 Å². The Bertz CT molecular complexity index is 1130. The van der Waals surface area contributed by atoms with Crippen molar-refractivity contribution in [3.05, 3.63) is 77.4 Å². The molecule has 156 valence electrons. The summed E-state index contributed by atoms with van der Waals surface area (Å²) in [4.78, 5) is 12.7. The van der Waals surface area contributed by atoms with Crippen LogP contribution >= 0.6 is 0 Å². The molecule has 3 aromatic rings. The van der Waals surface area contributed by atoms with Crippen LogP contribution in [0.25, 0.3) is 0 Å². The zero-order valence-corrected chi connectivity index (χ0v) is 17.6. The third-order valence-corrected chi connectivity index (χ3v) is 6.88. The fourth-order valence-electron chi connectivity index (χ4n) is 3.29. The van der Waals surface area contributed by atoms with E-state index in [2.05, 4.69) is 20.1 Å². The highest BCUT2D eigenvalue weighted by atomic mass is 32.2. The molecule has 0 saturated heterocycles. The summed E-state index contributed by atoms with van der Waals surface area (Å²) in [6.45, 7) is 2.38. The van der Waals surface area contributed by atoms with Gasteiger partial charge in [0.05, 0.1) is 10.6 Å². The summed E-state index contributed by atoms with van der Waals surface area (Å²) in [7, 11) is -3.42. The zero-order valence-electron chi connectivity index (χ0n) is 16.8. The van der Waals surface area contributed by atoms with Gasteiger partial charge in [-0.05, 0) is 49.6 Å². The summed E-state index contributed by atoms with van der Waals surface area (Å²) in [6, 6.07) is 14.0. The molecule has 2 aromatic carbocycles. The first-order valence-electron chi connectivity index (χ1n) is 9.97. The maximum atomic E-state index is 12.6. The molecule has 1 N–H and O–H groups in total. The van der Waals surface area contributed by atoms with E-state index in [1.54, 1.807) is 54.9 Å². The number of hydrogen-bond acceptors (Lipinski definition) is 5. The minimum atomic E-state index is -3.42. The fraction of sp³-hybridized carbons (Fsp3) is 0.318. The van der Waals surface area contributed by atoms with Gasteiger partial charge in [-0.25, -0.2) is 8.42 Å². The third kappa shape index (κ3) is 4.76. The molecule has 0 unspecified atom stereocenters. The van der Waals surface area contributed by atoms with Gasteiger partial charge < -0.3 is 9.88 Å². The largest absolute Gasteiger partial charge is 0.352 e. The van der Waals surface area contributed by atoms with Crippen molar-refractivity contribution in [2.45, 2.75) is 42.9 Å². The second-order valence-electron chi connectivity index (χ2n) is 7.66. The first-order chi connectivity index (χ1) is 14.4. The lowest BCUT2D eigenvalue weighted by molar-refractivity contribution is 0.0954. The molecule has 1 fully saturated rings. The van der Waals surface area contributed by atoms with Gasteiger partial charge in [0.1, 0.15) is 12.2 Å². The first-order valence-corrected chi connectivity index (χ1v) is 11.6. The maximum absolute atomic E-state index is 12.6. The number of amides is 1. The van der Waals surface area contributed by atoms with E-state index in [0.29, 0.717) is 35.0 Å². The van der Waals surface area contributed by atoms with E-state index in [1.165, 1.54) is 0 Å². The Balaban J connectivity index is 1.33. The zero-order chi connectivity index (χ0) is 21.1. The minimum absolute atomic E-state index is 0.102. The number of aromatic nitrogens is 3. The number of aryl methyl sites for hydroxylation is 1. The lowest BCUT2D eigenvalue weighted by Gasteiger charge is -2.08. The predicted octanol–water partition coefficient (Wildman–Crippen LogP) is 2.87. The second-order valence-corrected chi connectivity index (χ2v) is 9.65. The Kier molecular flexibility index (Phi) is 5.67. The number of nitrogens with one attached hydrogen (secondary N) is 1. The van der Waals surface area contributed by atoms with Crippen LogP contribution in [0.2, 0.25) is 0 Å². The van der Waals surface area contributed by atoms with Gasteiger partial charge in [-0.1, -0.05) is 29.8 Å². The van der Waals surface area contributed by atoms with Crippen molar-refractivity contribution in [2.24, 2.45) is 0 Å². The third-order valence-electron chi connectivity index (χ3n) is 5.17. The molecule has 0 radical (unpaired) electrons. The van der Waals surface area contributed by atoms with Crippen LogP contribution in [0.15, 0.2) is 59.8 Å². The summed E-state index contributed by atoms with van der Waals surface area (Å²) in [5.74, 6) is 0.587. The van der Waals surface area contributed by atoms with Gasteiger partial charge in [-0.2, -0.15) is 0 Å². The van der Waals surface area contributed by atoms with Crippen LogP contribution in [0, 0.1) is 6.92 Å². The van der Waals surface area contributed by atoms with Crippen molar-refractivity contribution >= 4 is 15.7 Å². The molecule has 4 rings (SSSR count). The summed E-state index contributed by atoms with van der Waals surface area (Å²) >= 11 is 0. The number of benzene rings is 2. The van der Waals surface area contributed by atoms with E-state index >= 15 is 0 Å². The maximum Gasteiger partial charge on any atom is 0.251 e. The van der Waals surface area contributed by atoms with Gasteiger partial charge in [0, 0.05) is 24.6 Å². The SMILES string of the molecule is Cc1ccc(S(=O)(=O)Cc2ccc(C(=O)NCCc3nncn3C3CC3)cc2)cc1. The quantitative estimate of drug-likeness (QED) is 0.600. The molecular formula is C22H24N4O3S. The summed E-state index contributed by atoms with van der Waals surface area (Å²) in [6.07, 6.45) is 4.68. The molecule has 1 aromatic heterocycles. The van der Waals surface area contributed by atoms with Gasteiger partial charge in [-0.15, -0.1) is 10.2 Å². The molecule has 8 heteroatoms. The second kappa shape index (κ2) is 8.39. The Morgan fingerprint density at radius 3 is 2.47 bits per heavy atom. The van der Waals surface area contributed by atoms with E-state index in [1.807, 2.05) is 6.92 Å². The van der Waals surface area contributed by atoms with Crippen molar-refractivity contribution in [1.29, 1.82) is 0 Å². The Hall–Kier alpha value is -3.00. The lowest BCUT2D eigenvalue weighted by atomic mass is 10.1. The van der Waals surface area contributed by atoms with Crippen molar-refractivity contribution in [3.63, 3.8) is 0 Å². The Morgan fingerprint density at radius 1 is 1.10 bits per heavy atom. The van der Waals surface area contributed by atoms with Gasteiger partial charge in [0.15, 0.2) is 9.84 Å². The summed E-state index contributed by atoms with van der Waals surface area (Å²) in [5, 5.41) is 11.0. The molecule has 0 bridgehead atoms. The van der Waals surface area contributed by atoms with Gasteiger partial charge in [0.25, 0.3) is 5.91 Å². The molecular weight excluding hydrogens is 400 g/mol. The Labute approximate surface area is 176 Å². The first kappa shape index (κ1) is 20.3. The molecule has 1 aliphatic rings. The standard InChI is InChI=1S/C22H24N4O3S/c1-16-2-10-20(11-3-16)30(28,29)14-17-4-6-18(7-5-17)22(27)23-13-12-21-25-24-15-26(21)19-8-9-19/h2-7,10-11,15,19H,8-9,12-14H2,1H3,(H,23,27). The van der Waals surface area contributed by atoms with Crippen molar-refractivity contribution in [1.82, 2.24) is 20.1 Å². The lowest BCUT2D eigenvalue weighted by Crippen LogP contribution is -2.26. The fourth-order valence-corrected chi connectivity index (χ4v) is 4.64. The van der Waals surface area contributed by atoms with Crippen LogP contribution in [0.5, 0.6) is 0 Å². The van der Waals surface area contributed by atoms with Gasteiger partial charge in [-0.3, -0.25) is 4.79 Å². The number of carbonyl (C=O) groups excluding carboxylic acids is 1. The van der Waals surface area contributed by atoms with Gasteiger partial charge in [0.2, 0.25) is 0 Å². The predicted molar refractivity (Wildman–Crippen MR) is 113 cm³/mol. The van der Waals surface area contributed by atoms with E-state index < -0.39 is 9.84 Å². The van der Waals surface area contributed by atoms with Crippen LogP contribution in [0.4, 0.5) is 0 Å². The molecule has 7 nitrogen and oxygen atoms in total. The molecule has 1 heterocycles. The highest BCUT2D eigenvalue weighted by Crippen LogP contribution is 2.35. The van der Waals surface area contributed by atoms with E-state index in [-0.39, 0.29) is 11.7 Å². The van der Waals surface area contributed by atoms with Crippen LogP contribution in [-0.2, 0) is 22.0 Å². The molecule has 0 aliphatic heterocycles. The number of rotatable bonds is 8. The van der Waals surface area contributed by atoms with E-state index in [4.69, 9.17) is 0 Å². The number of hydrogen-bond donors (Lipinski definition) is 1. The van der Waals surface area contributed by atoms with E-state index in [9.17, 15) is 13.2 Å². The molecule has 0 spiro atoms. The minimum Gasteiger partial charge on any atom is -0.352 e. The topological polar surface area (TPSA) is 93.9 Å². The average Bonchev–Trinajstić information content (AvgIpc) is 3.47. The smallest absolute Gasteiger partial charge is 0.251 e. The molecule has 1 amide bonds. The average molecular weight is 425 g/mol. The number of nitrogens with zero attached hydrogens (tertiary/aromatic N) is 3. The van der Waals surface area contributed by atoms with E-state index in [0.717, 1.165) is 24.2 Å². The highest BCUT2D eigenvalue weighted by Gasteiger charge is 2.25. The van der Waals surface area contributed by atoms with Crippen molar-refractivity contribution in [2.75, 3.05) is 6.54 Å². The molecule has 1 aliphatic carbocycles. The Morgan fingerprint density at radius 2 is 1.80 bits per heavy atom. The van der Waals surface area contributed by atoms with Crippen molar-refractivity contribution in [3.8, 4) is 0 Å². The van der Waals surface area contributed by atoms with Crippen LogP contribution in [-0.4, -0.2) is 35.6 Å². The molecule has 30 heavy (non-hydrogen) atoms. The normalized spacial score (nSPS) is 13.9. The van der Waals surface area contributed by atoms with Crippen molar-refractivity contribution < 1.29 is 13.2 Å².